The number of rotatable bonds is 8. The summed E-state index contributed by atoms with van der Waals surface area (Å²) in [5.41, 5.74) is 0. The zero-order valence-electron chi connectivity index (χ0n) is 10.4. The van der Waals surface area contributed by atoms with Crippen LogP contribution in [0.3, 0.4) is 0 Å². The predicted octanol–water partition coefficient (Wildman–Crippen LogP) is 3.08. The molecule has 0 saturated heterocycles. The second kappa shape index (κ2) is 8.12. The second-order valence-corrected chi connectivity index (χ2v) is 4.48. The van der Waals surface area contributed by atoms with Crippen LogP contribution in [0.1, 0.15) is 33.1 Å². The van der Waals surface area contributed by atoms with Gasteiger partial charge in [0, 0.05) is 6.54 Å². The van der Waals surface area contributed by atoms with Crippen molar-refractivity contribution in [3.63, 3.8) is 0 Å². The number of hydrogen-bond acceptors (Lipinski definition) is 4. The lowest BCUT2D eigenvalue weighted by molar-refractivity contribution is 0.304. The van der Waals surface area contributed by atoms with Gasteiger partial charge in [0.2, 0.25) is 5.88 Å². The van der Waals surface area contributed by atoms with E-state index in [1.807, 2.05) is 0 Å². The number of anilines is 1. The standard InChI is InChI=1S/C12H20ClN3O/c1-3-5-10(13)7-15-11-8-14-9-12(16-11)17-6-4-2/h8-10H,3-7H2,1-2H3,(H,15,16). The molecule has 0 spiro atoms. The summed E-state index contributed by atoms with van der Waals surface area (Å²) >= 11 is 6.11. The number of nitrogens with one attached hydrogen (secondary N) is 1. The molecule has 96 valence electrons. The van der Waals surface area contributed by atoms with Crippen molar-refractivity contribution in [2.24, 2.45) is 0 Å². The number of aromatic nitrogens is 2. The summed E-state index contributed by atoms with van der Waals surface area (Å²) in [7, 11) is 0. The third-order valence-electron chi connectivity index (χ3n) is 2.17. The van der Waals surface area contributed by atoms with Crippen LogP contribution in [0.2, 0.25) is 0 Å². The number of ether oxygens (including phenoxy) is 1. The summed E-state index contributed by atoms with van der Waals surface area (Å²) in [6, 6.07) is 0. The fourth-order valence-electron chi connectivity index (χ4n) is 1.34. The predicted molar refractivity (Wildman–Crippen MR) is 70.9 cm³/mol. The molecule has 1 aromatic heterocycles. The first-order chi connectivity index (χ1) is 8.26. The van der Waals surface area contributed by atoms with E-state index in [0.717, 1.165) is 19.3 Å². The van der Waals surface area contributed by atoms with Crippen LogP contribution in [-0.2, 0) is 0 Å². The van der Waals surface area contributed by atoms with Gasteiger partial charge in [-0.05, 0) is 12.8 Å². The highest BCUT2D eigenvalue weighted by Gasteiger charge is 2.04. The fourth-order valence-corrected chi connectivity index (χ4v) is 1.64. The Bertz CT molecular complexity index is 322. The Morgan fingerprint density at radius 3 is 2.88 bits per heavy atom. The Balaban J connectivity index is 2.42. The molecule has 1 aromatic rings. The quantitative estimate of drug-likeness (QED) is 0.727. The maximum absolute atomic E-state index is 6.11. The molecule has 0 aliphatic heterocycles. The Morgan fingerprint density at radius 1 is 1.35 bits per heavy atom. The van der Waals surface area contributed by atoms with Crippen molar-refractivity contribution in [2.75, 3.05) is 18.5 Å². The van der Waals surface area contributed by atoms with Crippen molar-refractivity contribution in [3.8, 4) is 5.88 Å². The van der Waals surface area contributed by atoms with E-state index in [4.69, 9.17) is 16.3 Å². The molecule has 1 atom stereocenters. The molecule has 1 unspecified atom stereocenters. The van der Waals surface area contributed by atoms with Gasteiger partial charge in [0.1, 0.15) is 5.82 Å². The summed E-state index contributed by atoms with van der Waals surface area (Å²) in [6.45, 7) is 5.53. The third kappa shape index (κ3) is 5.73. The molecule has 0 radical (unpaired) electrons. The van der Waals surface area contributed by atoms with Gasteiger partial charge in [-0.25, -0.2) is 0 Å². The van der Waals surface area contributed by atoms with Gasteiger partial charge >= 0.3 is 0 Å². The number of nitrogens with zero attached hydrogens (tertiary/aromatic N) is 2. The van der Waals surface area contributed by atoms with Gasteiger partial charge in [-0.1, -0.05) is 20.3 Å². The summed E-state index contributed by atoms with van der Waals surface area (Å²) in [5, 5.41) is 3.29. The lowest BCUT2D eigenvalue weighted by atomic mass is 10.2. The van der Waals surface area contributed by atoms with Crippen LogP contribution in [0.4, 0.5) is 5.82 Å². The van der Waals surface area contributed by atoms with Gasteiger partial charge in [0.15, 0.2) is 0 Å². The average Bonchev–Trinajstić information content (AvgIpc) is 2.35. The van der Waals surface area contributed by atoms with Gasteiger partial charge in [-0.3, -0.25) is 4.98 Å². The van der Waals surface area contributed by atoms with E-state index in [0.29, 0.717) is 24.8 Å². The zero-order chi connectivity index (χ0) is 12.5. The lowest BCUT2D eigenvalue weighted by Gasteiger charge is -2.10. The molecule has 1 rings (SSSR count). The Kier molecular flexibility index (Phi) is 6.70. The first kappa shape index (κ1) is 14.0. The van der Waals surface area contributed by atoms with Gasteiger partial charge in [0.05, 0.1) is 24.4 Å². The highest BCUT2D eigenvalue weighted by atomic mass is 35.5. The second-order valence-electron chi connectivity index (χ2n) is 3.86. The van der Waals surface area contributed by atoms with E-state index in [1.54, 1.807) is 12.4 Å². The number of hydrogen-bond donors (Lipinski definition) is 1. The minimum absolute atomic E-state index is 0.127. The van der Waals surface area contributed by atoms with Gasteiger partial charge in [0.25, 0.3) is 0 Å². The Labute approximate surface area is 108 Å². The smallest absolute Gasteiger partial charge is 0.234 e. The molecule has 0 aliphatic carbocycles. The largest absolute Gasteiger partial charge is 0.477 e. The maximum Gasteiger partial charge on any atom is 0.234 e. The van der Waals surface area contributed by atoms with E-state index < -0.39 is 0 Å². The zero-order valence-corrected chi connectivity index (χ0v) is 11.2. The molecule has 17 heavy (non-hydrogen) atoms. The van der Waals surface area contributed by atoms with Crippen molar-refractivity contribution < 1.29 is 4.74 Å². The van der Waals surface area contributed by atoms with E-state index in [9.17, 15) is 0 Å². The topological polar surface area (TPSA) is 47.0 Å². The number of halogens is 1. The fraction of sp³-hybridized carbons (Fsp3) is 0.667. The number of alkyl halides is 1. The maximum atomic E-state index is 6.11. The van der Waals surface area contributed by atoms with E-state index in [2.05, 4.69) is 29.1 Å². The minimum Gasteiger partial charge on any atom is -0.477 e. The summed E-state index contributed by atoms with van der Waals surface area (Å²) in [5.74, 6) is 1.26. The highest BCUT2D eigenvalue weighted by molar-refractivity contribution is 6.20. The normalized spacial score (nSPS) is 12.2. The molecular formula is C12H20ClN3O. The van der Waals surface area contributed by atoms with E-state index >= 15 is 0 Å². The van der Waals surface area contributed by atoms with Crippen LogP contribution < -0.4 is 10.1 Å². The van der Waals surface area contributed by atoms with Crippen LogP contribution in [0.25, 0.3) is 0 Å². The molecule has 0 aromatic carbocycles. The van der Waals surface area contributed by atoms with Crippen LogP contribution in [-0.4, -0.2) is 28.5 Å². The molecule has 1 heterocycles. The molecule has 4 nitrogen and oxygen atoms in total. The van der Waals surface area contributed by atoms with Crippen molar-refractivity contribution in [1.82, 2.24) is 9.97 Å². The van der Waals surface area contributed by atoms with E-state index in [1.165, 1.54) is 0 Å². The molecular weight excluding hydrogens is 238 g/mol. The summed E-state index contributed by atoms with van der Waals surface area (Å²) in [4.78, 5) is 8.36. The minimum atomic E-state index is 0.127. The van der Waals surface area contributed by atoms with Crippen molar-refractivity contribution in [1.29, 1.82) is 0 Å². The first-order valence-corrected chi connectivity index (χ1v) is 6.52. The Morgan fingerprint density at radius 2 is 2.18 bits per heavy atom. The van der Waals surface area contributed by atoms with Crippen LogP contribution in [0, 0.1) is 0 Å². The van der Waals surface area contributed by atoms with Crippen molar-refractivity contribution in [3.05, 3.63) is 12.4 Å². The van der Waals surface area contributed by atoms with Crippen molar-refractivity contribution in [2.45, 2.75) is 38.5 Å². The molecule has 5 heteroatoms. The first-order valence-electron chi connectivity index (χ1n) is 6.09. The SMILES string of the molecule is CCCOc1cncc(NCC(Cl)CCC)n1. The summed E-state index contributed by atoms with van der Waals surface area (Å²) in [6.07, 6.45) is 6.33. The monoisotopic (exact) mass is 257 g/mol. The van der Waals surface area contributed by atoms with Crippen LogP contribution in [0.15, 0.2) is 12.4 Å². The van der Waals surface area contributed by atoms with Gasteiger partial charge < -0.3 is 10.1 Å². The van der Waals surface area contributed by atoms with Crippen LogP contribution in [0.5, 0.6) is 5.88 Å². The van der Waals surface area contributed by atoms with Crippen molar-refractivity contribution >= 4 is 17.4 Å². The molecule has 1 N–H and O–H groups in total. The van der Waals surface area contributed by atoms with Crippen LogP contribution >= 0.6 is 11.6 Å². The molecule has 0 saturated carbocycles. The third-order valence-corrected chi connectivity index (χ3v) is 2.55. The van der Waals surface area contributed by atoms with Gasteiger partial charge in [-0.15, -0.1) is 11.6 Å². The average molecular weight is 258 g/mol. The molecule has 0 aliphatic rings. The lowest BCUT2D eigenvalue weighted by Crippen LogP contribution is -2.15. The summed E-state index contributed by atoms with van der Waals surface area (Å²) < 4.78 is 5.40. The molecule has 0 amide bonds. The molecule has 0 fully saturated rings. The molecule has 0 bridgehead atoms. The van der Waals surface area contributed by atoms with E-state index in [-0.39, 0.29) is 5.38 Å². The highest BCUT2D eigenvalue weighted by Crippen LogP contribution is 2.11. The van der Waals surface area contributed by atoms with Gasteiger partial charge in [-0.2, -0.15) is 4.98 Å². The Hall–Kier alpha value is -1.03.